The predicted molar refractivity (Wildman–Crippen MR) is 154 cm³/mol. The van der Waals surface area contributed by atoms with Crippen LogP contribution in [0.25, 0.3) is 17.2 Å². The summed E-state index contributed by atoms with van der Waals surface area (Å²) in [5, 5.41) is 9.15. The first-order valence-corrected chi connectivity index (χ1v) is 13.2. The van der Waals surface area contributed by atoms with Crippen LogP contribution >= 0.6 is 0 Å². The number of para-hydroxylation sites is 1. The quantitative estimate of drug-likeness (QED) is 0.218. The molecule has 0 spiro atoms. The second-order valence-electron chi connectivity index (χ2n) is 11.2. The third-order valence-electron chi connectivity index (χ3n) is 7.57. The fraction of sp³-hybridized carbons (Fsp3) is 0.364. The molecule has 3 aromatic carbocycles. The van der Waals surface area contributed by atoms with E-state index in [2.05, 4.69) is 39.8 Å². The van der Waals surface area contributed by atoms with Crippen molar-refractivity contribution in [3.05, 3.63) is 82.9 Å². The molecule has 3 aromatic rings. The molecular formula is C33H38O6. The Morgan fingerprint density at radius 1 is 0.846 bits per heavy atom. The monoisotopic (exact) mass is 530 g/mol. The van der Waals surface area contributed by atoms with Crippen LogP contribution in [-0.2, 0) is 27.0 Å². The summed E-state index contributed by atoms with van der Waals surface area (Å²) in [6, 6.07) is 17.8. The molecule has 0 saturated carbocycles. The SMILES string of the molecule is COCOc1ccccc1COc1cc2c(cc1-c1cc(C=CC(=O)O)ccc1OC)C(C)(C)CCC2(C)C. The number of hydrogen-bond acceptors (Lipinski definition) is 5. The largest absolute Gasteiger partial charge is 0.496 e. The van der Waals surface area contributed by atoms with E-state index < -0.39 is 5.97 Å². The molecule has 0 amide bonds. The number of hydrogen-bond donors (Lipinski definition) is 1. The van der Waals surface area contributed by atoms with E-state index in [4.69, 9.17) is 24.1 Å². The van der Waals surface area contributed by atoms with Crippen LogP contribution in [0.5, 0.6) is 17.2 Å². The van der Waals surface area contributed by atoms with Gasteiger partial charge >= 0.3 is 5.97 Å². The maximum absolute atomic E-state index is 11.2. The molecule has 0 radical (unpaired) electrons. The fourth-order valence-corrected chi connectivity index (χ4v) is 5.17. The lowest BCUT2D eigenvalue weighted by Crippen LogP contribution is -2.33. The van der Waals surface area contributed by atoms with Gasteiger partial charge in [-0.2, -0.15) is 0 Å². The molecule has 0 atom stereocenters. The molecule has 0 saturated heterocycles. The first-order chi connectivity index (χ1) is 18.6. The minimum Gasteiger partial charge on any atom is -0.496 e. The molecule has 0 fully saturated rings. The molecule has 4 rings (SSSR count). The van der Waals surface area contributed by atoms with Gasteiger partial charge in [-0.05, 0) is 76.8 Å². The number of carboxylic acids is 1. The van der Waals surface area contributed by atoms with Crippen LogP contribution in [0.4, 0.5) is 0 Å². The maximum atomic E-state index is 11.2. The van der Waals surface area contributed by atoms with E-state index in [0.29, 0.717) is 18.1 Å². The first-order valence-electron chi connectivity index (χ1n) is 13.2. The molecule has 39 heavy (non-hydrogen) atoms. The zero-order chi connectivity index (χ0) is 28.2. The molecule has 0 aromatic heterocycles. The van der Waals surface area contributed by atoms with Gasteiger partial charge in [-0.3, -0.25) is 0 Å². The van der Waals surface area contributed by atoms with Gasteiger partial charge in [0.05, 0.1) is 7.11 Å². The maximum Gasteiger partial charge on any atom is 0.328 e. The molecule has 0 heterocycles. The Labute approximate surface area is 231 Å². The molecular weight excluding hydrogens is 492 g/mol. The lowest BCUT2D eigenvalue weighted by molar-refractivity contribution is -0.131. The predicted octanol–water partition coefficient (Wildman–Crippen LogP) is 7.37. The smallest absolute Gasteiger partial charge is 0.328 e. The molecule has 1 aliphatic carbocycles. The average molecular weight is 531 g/mol. The molecule has 206 valence electrons. The zero-order valence-corrected chi connectivity index (χ0v) is 23.7. The Morgan fingerprint density at radius 3 is 2.18 bits per heavy atom. The van der Waals surface area contributed by atoms with E-state index in [0.717, 1.165) is 46.9 Å². The van der Waals surface area contributed by atoms with Crippen molar-refractivity contribution in [1.82, 2.24) is 0 Å². The number of rotatable bonds is 10. The second kappa shape index (κ2) is 11.5. The molecule has 0 unspecified atom stereocenters. The highest BCUT2D eigenvalue weighted by atomic mass is 16.7. The topological polar surface area (TPSA) is 74.2 Å². The highest BCUT2D eigenvalue weighted by Crippen LogP contribution is 2.50. The minimum absolute atomic E-state index is 0.00284. The van der Waals surface area contributed by atoms with Crippen LogP contribution < -0.4 is 14.2 Å². The van der Waals surface area contributed by atoms with Crippen molar-refractivity contribution in [3.63, 3.8) is 0 Å². The van der Waals surface area contributed by atoms with Crippen molar-refractivity contribution in [3.8, 4) is 28.4 Å². The molecule has 0 bridgehead atoms. The fourth-order valence-electron chi connectivity index (χ4n) is 5.17. The van der Waals surface area contributed by atoms with Gasteiger partial charge in [-0.1, -0.05) is 52.0 Å². The van der Waals surface area contributed by atoms with Gasteiger partial charge in [-0.25, -0.2) is 4.79 Å². The van der Waals surface area contributed by atoms with E-state index in [1.807, 2.05) is 42.5 Å². The summed E-state index contributed by atoms with van der Waals surface area (Å²) in [5.41, 5.74) is 5.96. The molecule has 0 aliphatic heterocycles. The Hall–Kier alpha value is -3.77. The van der Waals surface area contributed by atoms with Gasteiger partial charge in [-0.15, -0.1) is 0 Å². The van der Waals surface area contributed by atoms with E-state index in [-0.39, 0.29) is 17.6 Å². The van der Waals surface area contributed by atoms with Gasteiger partial charge in [0, 0.05) is 29.9 Å². The number of carbonyl (C=O) groups is 1. The van der Waals surface area contributed by atoms with Gasteiger partial charge in [0.15, 0.2) is 6.79 Å². The van der Waals surface area contributed by atoms with Crippen LogP contribution in [0, 0.1) is 0 Å². The summed E-state index contributed by atoms with van der Waals surface area (Å²) in [6.07, 6.45) is 4.88. The average Bonchev–Trinajstić information content (AvgIpc) is 2.92. The Balaban J connectivity index is 1.87. The summed E-state index contributed by atoms with van der Waals surface area (Å²) in [7, 11) is 3.23. The summed E-state index contributed by atoms with van der Waals surface area (Å²) >= 11 is 0. The van der Waals surface area contributed by atoms with Crippen molar-refractivity contribution in [2.75, 3.05) is 21.0 Å². The number of carboxylic acid groups (broad SMARTS) is 1. The Bertz CT molecular complexity index is 1370. The lowest BCUT2D eigenvalue weighted by Gasteiger charge is -2.42. The summed E-state index contributed by atoms with van der Waals surface area (Å²) in [5.74, 6) is 1.13. The van der Waals surface area contributed by atoms with Crippen molar-refractivity contribution in [2.24, 2.45) is 0 Å². The number of benzene rings is 3. The summed E-state index contributed by atoms with van der Waals surface area (Å²) in [6.45, 7) is 9.61. The van der Waals surface area contributed by atoms with Crippen LogP contribution in [0.1, 0.15) is 62.8 Å². The molecule has 1 N–H and O–H groups in total. The number of methoxy groups -OCH3 is 2. The van der Waals surface area contributed by atoms with E-state index >= 15 is 0 Å². The minimum atomic E-state index is -0.997. The van der Waals surface area contributed by atoms with Crippen molar-refractivity contribution in [1.29, 1.82) is 0 Å². The highest BCUT2D eigenvalue weighted by molar-refractivity contribution is 5.86. The van der Waals surface area contributed by atoms with Crippen LogP contribution in [0.2, 0.25) is 0 Å². The lowest BCUT2D eigenvalue weighted by atomic mass is 9.62. The summed E-state index contributed by atoms with van der Waals surface area (Å²) < 4.78 is 23.2. The van der Waals surface area contributed by atoms with Crippen LogP contribution in [-0.4, -0.2) is 32.1 Å². The van der Waals surface area contributed by atoms with Gasteiger partial charge in [0.2, 0.25) is 0 Å². The van der Waals surface area contributed by atoms with E-state index in [1.165, 1.54) is 11.1 Å². The molecule has 6 nitrogen and oxygen atoms in total. The van der Waals surface area contributed by atoms with Crippen LogP contribution in [0.3, 0.4) is 0 Å². The van der Waals surface area contributed by atoms with Gasteiger partial charge in [0.1, 0.15) is 23.9 Å². The van der Waals surface area contributed by atoms with E-state index in [1.54, 1.807) is 20.3 Å². The first kappa shape index (κ1) is 28.2. The standard InChI is InChI=1S/C33H38O6/c1-32(2)15-16-33(3,4)27-19-30(38-20-23-9-7-8-10-28(23)39-21-36-5)25(18-26(27)32)24-17-22(12-14-31(34)35)11-13-29(24)37-6/h7-14,17-19H,15-16,20-21H2,1-6H3,(H,34,35). The third-order valence-corrected chi connectivity index (χ3v) is 7.57. The van der Waals surface area contributed by atoms with Gasteiger partial charge in [0.25, 0.3) is 0 Å². The summed E-state index contributed by atoms with van der Waals surface area (Å²) in [4.78, 5) is 11.2. The van der Waals surface area contributed by atoms with Crippen LogP contribution in [0.15, 0.2) is 60.7 Å². The van der Waals surface area contributed by atoms with E-state index in [9.17, 15) is 4.79 Å². The van der Waals surface area contributed by atoms with Crippen molar-refractivity contribution < 1.29 is 28.8 Å². The third kappa shape index (κ3) is 6.28. The second-order valence-corrected chi connectivity index (χ2v) is 11.2. The Morgan fingerprint density at radius 2 is 1.51 bits per heavy atom. The van der Waals surface area contributed by atoms with Crippen molar-refractivity contribution in [2.45, 2.75) is 58.0 Å². The van der Waals surface area contributed by atoms with Crippen molar-refractivity contribution >= 4 is 12.0 Å². The number of fused-ring (bicyclic) bond motifs is 1. The molecule has 1 aliphatic rings. The Kier molecular flexibility index (Phi) is 8.36. The van der Waals surface area contributed by atoms with Gasteiger partial charge < -0.3 is 24.1 Å². The number of aliphatic carboxylic acids is 1. The zero-order valence-electron chi connectivity index (χ0n) is 23.7. The number of ether oxygens (including phenoxy) is 4. The highest BCUT2D eigenvalue weighted by Gasteiger charge is 2.38. The normalized spacial score (nSPS) is 15.5. The molecule has 6 heteroatoms.